The molecule has 0 radical (unpaired) electrons. The molecule has 0 spiro atoms. The smallest absolute Gasteiger partial charge is 0.303 e. The predicted octanol–water partition coefficient (Wildman–Crippen LogP) is 7.65. The van der Waals surface area contributed by atoms with Gasteiger partial charge in [0.25, 0.3) is 5.91 Å². The Balaban J connectivity index is 1.61. The molecule has 38 heavy (non-hydrogen) atoms. The summed E-state index contributed by atoms with van der Waals surface area (Å²) in [6, 6.07) is 12.8. The van der Waals surface area contributed by atoms with E-state index in [9.17, 15) is 9.59 Å². The maximum absolute atomic E-state index is 13.7. The third kappa shape index (κ3) is 7.58. The van der Waals surface area contributed by atoms with Gasteiger partial charge in [-0.25, -0.2) is 4.98 Å². The van der Waals surface area contributed by atoms with Crippen molar-refractivity contribution in [1.82, 2.24) is 9.88 Å². The van der Waals surface area contributed by atoms with Crippen LogP contribution in [0.2, 0.25) is 5.02 Å². The van der Waals surface area contributed by atoms with E-state index in [1.54, 1.807) is 23.7 Å². The molecule has 7 nitrogen and oxygen atoms in total. The lowest BCUT2D eigenvalue weighted by Gasteiger charge is -2.34. The standard InChI is InChI=1S/C29H31ClN4O3S/c1-20(6-2-3-8-27(35)36)33-25-18-22(11-14-24(25)32-19-21-9-12-23(30)13-10-21)29(37)34-16-5-4-7-26(34)28-31-15-17-38-28/h9-15,17-19,26H,2-8,16H2,1H3,(H,35,36). The minimum atomic E-state index is -0.793. The van der Waals surface area contributed by atoms with Gasteiger partial charge < -0.3 is 10.0 Å². The van der Waals surface area contributed by atoms with Crippen molar-refractivity contribution in [2.24, 2.45) is 9.98 Å². The molecule has 9 heteroatoms. The summed E-state index contributed by atoms with van der Waals surface area (Å²) in [6.07, 6.45) is 8.62. The average Bonchev–Trinajstić information content (AvgIpc) is 3.46. The third-order valence-electron chi connectivity index (χ3n) is 6.44. The number of hydrogen-bond acceptors (Lipinski definition) is 6. The number of rotatable bonds is 10. The summed E-state index contributed by atoms with van der Waals surface area (Å²) in [5, 5.41) is 12.5. The molecule has 1 aromatic heterocycles. The number of carbonyl (C=O) groups excluding carboxylic acids is 1. The first kappa shape index (κ1) is 27.7. The van der Waals surface area contributed by atoms with Crippen molar-refractivity contribution in [3.63, 3.8) is 0 Å². The van der Waals surface area contributed by atoms with Crippen LogP contribution < -0.4 is 0 Å². The van der Waals surface area contributed by atoms with Gasteiger partial charge in [-0.15, -0.1) is 11.3 Å². The lowest BCUT2D eigenvalue weighted by Crippen LogP contribution is -2.38. The summed E-state index contributed by atoms with van der Waals surface area (Å²) in [5.41, 5.74) is 3.59. The topological polar surface area (TPSA) is 95.2 Å². The number of halogens is 1. The molecule has 2 aromatic carbocycles. The number of aromatic nitrogens is 1. The van der Waals surface area contributed by atoms with Gasteiger partial charge in [-0.05, 0) is 81.3 Å². The number of thiazole rings is 1. The van der Waals surface area contributed by atoms with Crippen LogP contribution in [-0.2, 0) is 4.79 Å². The first-order valence-electron chi connectivity index (χ1n) is 12.8. The summed E-state index contributed by atoms with van der Waals surface area (Å²) in [4.78, 5) is 40.4. The monoisotopic (exact) mass is 550 g/mol. The molecule has 1 aliphatic rings. The van der Waals surface area contributed by atoms with Crippen LogP contribution in [0.4, 0.5) is 11.4 Å². The Morgan fingerprint density at radius 2 is 1.92 bits per heavy atom. The van der Waals surface area contributed by atoms with Crippen LogP contribution >= 0.6 is 22.9 Å². The number of carboxylic acid groups (broad SMARTS) is 1. The second-order valence-corrected chi connectivity index (χ2v) is 10.7. The van der Waals surface area contributed by atoms with Crippen molar-refractivity contribution < 1.29 is 14.7 Å². The summed E-state index contributed by atoms with van der Waals surface area (Å²) in [7, 11) is 0. The maximum atomic E-state index is 13.7. The molecular weight excluding hydrogens is 520 g/mol. The van der Waals surface area contributed by atoms with Gasteiger partial charge in [0.1, 0.15) is 5.01 Å². The summed E-state index contributed by atoms with van der Waals surface area (Å²) in [6.45, 7) is 2.62. The first-order chi connectivity index (χ1) is 18.4. The summed E-state index contributed by atoms with van der Waals surface area (Å²) < 4.78 is 0. The number of piperidine rings is 1. The molecule has 0 saturated carbocycles. The summed E-state index contributed by atoms with van der Waals surface area (Å²) >= 11 is 7.59. The molecule has 4 rings (SSSR count). The van der Waals surface area contributed by atoms with E-state index in [0.717, 1.165) is 42.0 Å². The molecule has 1 fully saturated rings. The fraction of sp³-hybridized carbons (Fsp3) is 0.345. The van der Waals surface area contributed by atoms with E-state index >= 15 is 0 Å². The van der Waals surface area contributed by atoms with Crippen molar-refractivity contribution in [2.45, 2.75) is 57.9 Å². The molecule has 1 atom stereocenters. The number of amides is 1. The largest absolute Gasteiger partial charge is 0.481 e. The van der Waals surface area contributed by atoms with Gasteiger partial charge in [0.05, 0.1) is 17.4 Å². The zero-order valence-corrected chi connectivity index (χ0v) is 22.9. The molecule has 2 heterocycles. The van der Waals surface area contributed by atoms with Crippen LogP contribution in [0.1, 0.15) is 78.8 Å². The molecule has 1 amide bonds. The molecule has 1 aliphatic heterocycles. The van der Waals surface area contributed by atoms with Gasteiger partial charge in [-0.2, -0.15) is 0 Å². The molecular formula is C29H31ClN4O3S. The van der Waals surface area contributed by atoms with Crippen LogP contribution in [0.3, 0.4) is 0 Å². The highest BCUT2D eigenvalue weighted by Crippen LogP contribution is 2.35. The fourth-order valence-corrected chi connectivity index (χ4v) is 5.37. The normalized spacial score (nSPS) is 16.2. The number of carbonyl (C=O) groups is 2. The van der Waals surface area contributed by atoms with Gasteiger partial charge in [-0.3, -0.25) is 19.6 Å². The second-order valence-electron chi connectivity index (χ2n) is 9.34. The van der Waals surface area contributed by atoms with E-state index < -0.39 is 5.97 Å². The summed E-state index contributed by atoms with van der Waals surface area (Å²) in [5.74, 6) is -0.827. The number of carboxylic acids is 1. The predicted molar refractivity (Wildman–Crippen MR) is 154 cm³/mol. The van der Waals surface area contributed by atoms with Crippen LogP contribution in [0, 0.1) is 0 Å². The molecule has 1 unspecified atom stereocenters. The first-order valence-corrected chi connectivity index (χ1v) is 14.1. The Morgan fingerprint density at radius 1 is 1.13 bits per heavy atom. The zero-order valence-electron chi connectivity index (χ0n) is 21.3. The number of unbranched alkanes of at least 4 members (excludes halogenated alkanes) is 1. The number of benzene rings is 2. The quantitative estimate of drug-likeness (QED) is 0.207. The van der Waals surface area contributed by atoms with Crippen LogP contribution in [0.25, 0.3) is 0 Å². The van der Waals surface area contributed by atoms with Crippen LogP contribution in [-0.4, -0.2) is 45.3 Å². The molecule has 0 bridgehead atoms. The Labute approximate surface area is 231 Å². The number of likely N-dealkylation sites (tertiary alicyclic amines) is 1. The number of hydrogen-bond donors (Lipinski definition) is 1. The van der Waals surface area contributed by atoms with Gasteiger partial charge in [0, 0.05) is 47.1 Å². The van der Waals surface area contributed by atoms with E-state index in [0.29, 0.717) is 41.3 Å². The van der Waals surface area contributed by atoms with E-state index in [1.807, 2.05) is 59.7 Å². The van der Waals surface area contributed by atoms with Crippen LogP contribution in [0.15, 0.2) is 64.0 Å². The highest BCUT2D eigenvalue weighted by molar-refractivity contribution is 7.09. The second kappa shape index (κ2) is 13.4. The lowest BCUT2D eigenvalue weighted by atomic mass is 10.0. The third-order valence-corrected chi connectivity index (χ3v) is 7.56. The Bertz CT molecular complexity index is 1310. The van der Waals surface area contributed by atoms with E-state index in [1.165, 1.54) is 0 Å². The van der Waals surface area contributed by atoms with Crippen molar-refractivity contribution in [2.75, 3.05) is 6.54 Å². The molecule has 3 aromatic rings. The van der Waals surface area contributed by atoms with Gasteiger partial charge in [-0.1, -0.05) is 23.7 Å². The van der Waals surface area contributed by atoms with E-state index in [2.05, 4.69) is 9.98 Å². The minimum absolute atomic E-state index is 0.0122. The van der Waals surface area contributed by atoms with Crippen LogP contribution in [0.5, 0.6) is 0 Å². The van der Waals surface area contributed by atoms with Gasteiger partial charge in [0.15, 0.2) is 0 Å². The number of aliphatic carboxylic acids is 1. The highest BCUT2D eigenvalue weighted by atomic mass is 35.5. The number of nitrogens with zero attached hydrogens (tertiary/aromatic N) is 4. The molecule has 198 valence electrons. The zero-order chi connectivity index (χ0) is 26.9. The Hall–Kier alpha value is -3.36. The molecule has 0 aliphatic carbocycles. The van der Waals surface area contributed by atoms with Crippen molar-refractivity contribution in [3.05, 3.63) is 75.2 Å². The van der Waals surface area contributed by atoms with Crippen molar-refractivity contribution in [1.29, 1.82) is 0 Å². The van der Waals surface area contributed by atoms with Gasteiger partial charge in [0.2, 0.25) is 0 Å². The van der Waals surface area contributed by atoms with E-state index in [-0.39, 0.29) is 18.4 Å². The molecule has 1 N–H and O–H groups in total. The Morgan fingerprint density at radius 3 is 2.66 bits per heavy atom. The van der Waals surface area contributed by atoms with E-state index in [4.69, 9.17) is 21.7 Å². The van der Waals surface area contributed by atoms with Crippen molar-refractivity contribution in [3.8, 4) is 0 Å². The van der Waals surface area contributed by atoms with Crippen molar-refractivity contribution >= 4 is 58.1 Å². The molecule has 1 saturated heterocycles. The minimum Gasteiger partial charge on any atom is -0.481 e. The number of aliphatic imine (C=N–C) groups is 2. The van der Waals surface area contributed by atoms with Gasteiger partial charge >= 0.3 is 5.97 Å². The Kier molecular flexibility index (Phi) is 9.79. The maximum Gasteiger partial charge on any atom is 0.303 e. The fourth-order valence-electron chi connectivity index (χ4n) is 4.46. The average molecular weight is 551 g/mol. The highest BCUT2D eigenvalue weighted by Gasteiger charge is 2.30. The SMILES string of the molecule is CC(CCCCC(=O)O)=Nc1cc(C(=O)N2CCCCC2c2nccs2)ccc1N=Cc1ccc(Cl)cc1. The lowest BCUT2D eigenvalue weighted by molar-refractivity contribution is -0.137.